The molecule has 0 aliphatic heterocycles. The summed E-state index contributed by atoms with van der Waals surface area (Å²) in [5, 5.41) is 3.20. The molecule has 3 N–H and O–H groups in total. The SMILES string of the molecule is CCN(CC)C(=O)Nc1ccc(N)c(Cl)c1. The van der Waals surface area contributed by atoms with Crippen molar-refractivity contribution in [2.45, 2.75) is 13.8 Å². The van der Waals surface area contributed by atoms with Gasteiger partial charge in [0.25, 0.3) is 0 Å². The molecule has 0 atom stereocenters. The van der Waals surface area contributed by atoms with E-state index >= 15 is 0 Å². The number of urea groups is 1. The largest absolute Gasteiger partial charge is 0.398 e. The molecule has 0 fully saturated rings. The smallest absolute Gasteiger partial charge is 0.321 e. The summed E-state index contributed by atoms with van der Waals surface area (Å²) in [5.74, 6) is 0. The number of anilines is 2. The molecule has 0 aliphatic carbocycles. The Kier molecular flexibility index (Phi) is 4.43. The Morgan fingerprint density at radius 2 is 2.06 bits per heavy atom. The van der Waals surface area contributed by atoms with Gasteiger partial charge >= 0.3 is 6.03 Å². The Labute approximate surface area is 100 Å². The van der Waals surface area contributed by atoms with Crippen molar-refractivity contribution in [2.24, 2.45) is 0 Å². The van der Waals surface area contributed by atoms with Crippen molar-refractivity contribution < 1.29 is 4.79 Å². The first-order valence-electron chi connectivity index (χ1n) is 5.19. The molecule has 0 unspecified atom stereocenters. The molecule has 88 valence electrons. The van der Waals surface area contributed by atoms with E-state index in [1.807, 2.05) is 13.8 Å². The Balaban J connectivity index is 2.73. The minimum atomic E-state index is -0.133. The lowest BCUT2D eigenvalue weighted by Gasteiger charge is -2.19. The third-order valence-corrected chi connectivity index (χ3v) is 2.63. The van der Waals surface area contributed by atoms with Gasteiger partial charge in [-0.1, -0.05) is 11.6 Å². The third kappa shape index (κ3) is 3.03. The molecular formula is C11H16ClN3O. The molecule has 5 heteroatoms. The van der Waals surface area contributed by atoms with Crippen LogP contribution in [0, 0.1) is 0 Å². The number of halogens is 1. The van der Waals surface area contributed by atoms with Gasteiger partial charge in [-0.15, -0.1) is 0 Å². The van der Waals surface area contributed by atoms with Gasteiger partial charge in [0.15, 0.2) is 0 Å². The number of hydrogen-bond donors (Lipinski definition) is 2. The summed E-state index contributed by atoms with van der Waals surface area (Å²) in [7, 11) is 0. The van der Waals surface area contributed by atoms with Crippen molar-refractivity contribution in [3.8, 4) is 0 Å². The molecule has 0 saturated carbocycles. The normalized spacial score (nSPS) is 9.94. The van der Waals surface area contributed by atoms with Gasteiger partial charge in [0.2, 0.25) is 0 Å². The number of carbonyl (C=O) groups excluding carboxylic acids is 1. The fourth-order valence-corrected chi connectivity index (χ4v) is 1.50. The van der Waals surface area contributed by atoms with Crippen LogP contribution in [0.15, 0.2) is 18.2 Å². The van der Waals surface area contributed by atoms with Crippen LogP contribution in [-0.2, 0) is 0 Å². The predicted molar refractivity (Wildman–Crippen MR) is 67.8 cm³/mol. The number of nitrogen functional groups attached to an aromatic ring is 1. The van der Waals surface area contributed by atoms with Crippen molar-refractivity contribution in [1.82, 2.24) is 4.90 Å². The molecule has 2 amide bonds. The highest BCUT2D eigenvalue weighted by Gasteiger charge is 2.09. The Morgan fingerprint density at radius 1 is 1.44 bits per heavy atom. The quantitative estimate of drug-likeness (QED) is 0.800. The zero-order valence-electron chi connectivity index (χ0n) is 9.46. The van der Waals surface area contributed by atoms with Crippen LogP contribution in [0.25, 0.3) is 0 Å². The second-order valence-electron chi connectivity index (χ2n) is 3.34. The fourth-order valence-electron chi connectivity index (χ4n) is 1.32. The summed E-state index contributed by atoms with van der Waals surface area (Å²) in [5.41, 5.74) is 6.73. The highest BCUT2D eigenvalue weighted by atomic mass is 35.5. The van der Waals surface area contributed by atoms with E-state index in [1.54, 1.807) is 23.1 Å². The van der Waals surface area contributed by atoms with Gasteiger partial charge in [0.05, 0.1) is 10.7 Å². The van der Waals surface area contributed by atoms with Gasteiger partial charge in [-0.05, 0) is 32.0 Å². The molecule has 4 nitrogen and oxygen atoms in total. The van der Waals surface area contributed by atoms with E-state index in [-0.39, 0.29) is 6.03 Å². The van der Waals surface area contributed by atoms with Crippen LogP contribution in [0.1, 0.15) is 13.8 Å². The summed E-state index contributed by atoms with van der Waals surface area (Å²) >= 11 is 5.85. The van der Waals surface area contributed by atoms with Crippen LogP contribution >= 0.6 is 11.6 Å². The minimum absolute atomic E-state index is 0.133. The summed E-state index contributed by atoms with van der Waals surface area (Å²) in [6, 6.07) is 4.90. The molecule has 0 saturated heterocycles. The van der Waals surface area contributed by atoms with E-state index in [2.05, 4.69) is 5.32 Å². The molecule has 16 heavy (non-hydrogen) atoms. The first-order chi connectivity index (χ1) is 7.58. The summed E-state index contributed by atoms with van der Waals surface area (Å²) in [4.78, 5) is 13.4. The van der Waals surface area contributed by atoms with E-state index in [0.717, 1.165) is 0 Å². The van der Waals surface area contributed by atoms with Crippen LogP contribution in [0.3, 0.4) is 0 Å². The number of nitrogens with zero attached hydrogens (tertiary/aromatic N) is 1. The van der Waals surface area contributed by atoms with Crippen LogP contribution < -0.4 is 11.1 Å². The van der Waals surface area contributed by atoms with E-state index in [0.29, 0.717) is 29.5 Å². The zero-order chi connectivity index (χ0) is 12.1. The monoisotopic (exact) mass is 241 g/mol. The second-order valence-corrected chi connectivity index (χ2v) is 3.75. The molecule has 0 radical (unpaired) electrons. The van der Waals surface area contributed by atoms with Gasteiger partial charge in [-0.25, -0.2) is 4.79 Å². The molecule has 0 spiro atoms. The number of nitrogens with two attached hydrogens (primary N) is 1. The zero-order valence-corrected chi connectivity index (χ0v) is 10.2. The number of rotatable bonds is 3. The first kappa shape index (κ1) is 12.6. The molecular weight excluding hydrogens is 226 g/mol. The lowest BCUT2D eigenvalue weighted by Crippen LogP contribution is -2.34. The minimum Gasteiger partial charge on any atom is -0.398 e. The fraction of sp³-hybridized carbons (Fsp3) is 0.364. The van der Waals surface area contributed by atoms with E-state index in [9.17, 15) is 4.79 Å². The number of carbonyl (C=O) groups is 1. The van der Waals surface area contributed by atoms with E-state index in [1.165, 1.54) is 0 Å². The maximum Gasteiger partial charge on any atom is 0.321 e. The van der Waals surface area contributed by atoms with Gasteiger partial charge in [-0.3, -0.25) is 0 Å². The van der Waals surface area contributed by atoms with Gasteiger partial charge in [0.1, 0.15) is 0 Å². The van der Waals surface area contributed by atoms with Crippen molar-refractivity contribution in [3.05, 3.63) is 23.2 Å². The average Bonchev–Trinajstić information content (AvgIpc) is 2.25. The number of benzene rings is 1. The highest BCUT2D eigenvalue weighted by Crippen LogP contribution is 2.22. The second kappa shape index (κ2) is 5.61. The molecule has 1 rings (SSSR count). The van der Waals surface area contributed by atoms with Crippen LogP contribution in [0.5, 0.6) is 0 Å². The summed E-state index contributed by atoms with van der Waals surface area (Å²) in [6.45, 7) is 5.20. The maximum absolute atomic E-state index is 11.7. The van der Waals surface area contributed by atoms with Crippen LogP contribution in [0.4, 0.5) is 16.2 Å². The molecule has 0 bridgehead atoms. The van der Waals surface area contributed by atoms with Crippen molar-refractivity contribution in [3.63, 3.8) is 0 Å². The molecule has 0 heterocycles. The van der Waals surface area contributed by atoms with Crippen molar-refractivity contribution in [2.75, 3.05) is 24.1 Å². The van der Waals surface area contributed by atoms with Gasteiger partial charge in [-0.2, -0.15) is 0 Å². The molecule has 0 aliphatic rings. The van der Waals surface area contributed by atoms with Gasteiger partial charge < -0.3 is 16.0 Å². The lowest BCUT2D eigenvalue weighted by molar-refractivity contribution is 0.217. The topological polar surface area (TPSA) is 58.4 Å². The Morgan fingerprint density at radius 3 is 2.56 bits per heavy atom. The van der Waals surface area contributed by atoms with E-state index < -0.39 is 0 Å². The van der Waals surface area contributed by atoms with Crippen molar-refractivity contribution >= 4 is 29.0 Å². The lowest BCUT2D eigenvalue weighted by atomic mass is 10.3. The molecule has 0 aromatic heterocycles. The average molecular weight is 242 g/mol. The Bertz CT molecular complexity index is 377. The number of hydrogen-bond acceptors (Lipinski definition) is 2. The van der Waals surface area contributed by atoms with Gasteiger partial charge in [0, 0.05) is 18.8 Å². The molecule has 1 aromatic carbocycles. The van der Waals surface area contributed by atoms with Crippen LogP contribution in [-0.4, -0.2) is 24.0 Å². The number of nitrogens with one attached hydrogen (secondary N) is 1. The standard InChI is InChI=1S/C11H16ClN3O/c1-3-15(4-2)11(16)14-8-5-6-10(13)9(12)7-8/h5-7H,3-4,13H2,1-2H3,(H,14,16). The third-order valence-electron chi connectivity index (χ3n) is 2.30. The summed E-state index contributed by atoms with van der Waals surface area (Å²) in [6.07, 6.45) is 0. The predicted octanol–water partition coefficient (Wildman–Crippen LogP) is 2.80. The van der Waals surface area contributed by atoms with E-state index in [4.69, 9.17) is 17.3 Å². The number of amides is 2. The summed E-state index contributed by atoms with van der Waals surface area (Å²) < 4.78 is 0. The van der Waals surface area contributed by atoms with Crippen molar-refractivity contribution in [1.29, 1.82) is 0 Å². The maximum atomic E-state index is 11.7. The molecule has 1 aromatic rings. The highest BCUT2D eigenvalue weighted by molar-refractivity contribution is 6.33. The van der Waals surface area contributed by atoms with Crippen LogP contribution in [0.2, 0.25) is 5.02 Å². The Hall–Kier alpha value is -1.42. The first-order valence-corrected chi connectivity index (χ1v) is 5.57.